The first-order chi connectivity index (χ1) is 7.44. The summed E-state index contributed by atoms with van der Waals surface area (Å²) in [6.45, 7) is 7.45. The second-order valence-corrected chi connectivity index (χ2v) is 6.34. The zero-order valence-corrected chi connectivity index (χ0v) is 13.2. The third-order valence-electron chi connectivity index (χ3n) is 2.49. The average molecular weight is 350 g/mol. The van der Waals surface area contributed by atoms with E-state index in [0.29, 0.717) is 0 Å². The van der Waals surface area contributed by atoms with Crippen LogP contribution >= 0.6 is 31.9 Å². The Kier molecular flexibility index (Phi) is 5.41. The van der Waals surface area contributed by atoms with E-state index < -0.39 is 0 Å². The molecule has 0 aliphatic heterocycles. The minimum Gasteiger partial charge on any atom is -0.306 e. The standard InChI is InChI=1S/C12H18Br2N2/c1-4-5-12(2,3)16-8-11-10(14)6-9(13)7-15-11/h6-7,16H,4-5,8H2,1-3H3. The molecule has 1 rings (SSSR count). The minimum atomic E-state index is 0.170. The molecule has 1 heterocycles. The maximum Gasteiger partial charge on any atom is 0.0684 e. The predicted molar refractivity (Wildman–Crippen MR) is 75.5 cm³/mol. The summed E-state index contributed by atoms with van der Waals surface area (Å²) < 4.78 is 2.04. The Bertz CT molecular complexity index is 351. The molecule has 0 radical (unpaired) electrons. The van der Waals surface area contributed by atoms with Crippen molar-refractivity contribution in [2.45, 2.75) is 45.7 Å². The van der Waals surface area contributed by atoms with Crippen LogP contribution in [0.4, 0.5) is 0 Å². The first kappa shape index (κ1) is 14.1. The monoisotopic (exact) mass is 348 g/mol. The number of pyridine rings is 1. The molecular formula is C12H18Br2N2. The van der Waals surface area contributed by atoms with Gasteiger partial charge in [-0.2, -0.15) is 0 Å². The lowest BCUT2D eigenvalue weighted by Crippen LogP contribution is -2.38. The molecule has 0 aromatic carbocycles. The van der Waals surface area contributed by atoms with Gasteiger partial charge in [0, 0.05) is 27.2 Å². The highest BCUT2D eigenvalue weighted by molar-refractivity contribution is 9.11. The molecule has 0 atom stereocenters. The summed E-state index contributed by atoms with van der Waals surface area (Å²) in [7, 11) is 0. The van der Waals surface area contributed by atoms with Gasteiger partial charge >= 0.3 is 0 Å². The Morgan fingerprint density at radius 3 is 2.62 bits per heavy atom. The van der Waals surface area contributed by atoms with E-state index in [1.807, 2.05) is 12.3 Å². The summed E-state index contributed by atoms with van der Waals surface area (Å²) in [5.41, 5.74) is 1.22. The molecule has 0 bridgehead atoms. The molecule has 2 nitrogen and oxygen atoms in total. The normalized spacial score (nSPS) is 11.8. The number of aromatic nitrogens is 1. The molecule has 90 valence electrons. The lowest BCUT2D eigenvalue weighted by atomic mass is 9.99. The molecule has 0 unspecified atom stereocenters. The molecule has 0 fully saturated rings. The summed E-state index contributed by atoms with van der Waals surface area (Å²) in [6.07, 6.45) is 4.19. The zero-order valence-electron chi connectivity index (χ0n) is 9.98. The molecular weight excluding hydrogens is 332 g/mol. The van der Waals surface area contributed by atoms with E-state index in [1.54, 1.807) is 0 Å². The van der Waals surface area contributed by atoms with Crippen molar-refractivity contribution >= 4 is 31.9 Å². The van der Waals surface area contributed by atoms with E-state index in [-0.39, 0.29) is 5.54 Å². The van der Waals surface area contributed by atoms with Gasteiger partial charge in [0.05, 0.1) is 5.69 Å². The number of hydrogen-bond acceptors (Lipinski definition) is 2. The first-order valence-electron chi connectivity index (χ1n) is 5.49. The Morgan fingerprint density at radius 2 is 2.06 bits per heavy atom. The Morgan fingerprint density at radius 1 is 1.38 bits per heavy atom. The average Bonchev–Trinajstić information content (AvgIpc) is 2.16. The molecule has 1 aromatic heterocycles. The third-order valence-corrected chi connectivity index (χ3v) is 3.61. The van der Waals surface area contributed by atoms with Gasteiger partial charge in [-0.1, -0.05) is 13.3 Å². The third kappa shape index (κ3) is 4.52. The van der Waals surface area contributed by atoms with Crippen LogP contribution in [0.5, 0.6) is 0 Å². The van der Waals surface area contributed by atoms with Crippen LogP contribution in [0.1, 0.15) is 39.3 Å². The number of hydrogen-bond donors (Lipinski definition) is 1. The van der Waals surface area contributed by atoms with Crippen molar-refractivity contribution in [2.24, 2.45) is 0 Å². The lowest BCUT2D eigenvalue weighted by molar-refractivity contribution is 0.354. The lowest BCUT2D eigenvalue weighted by Gasteiger charge is -2.25. The van der Waals surface area contributed by atoms with Crippen molar-refractivity contribution in [1.82, 2.24) is 10.3 Å². The molecule has 16 heavy (non-hydrogen) atoms. The van der Waals surface area contributed by atoms with E-state index in [2.05, 4.69) is 62.9 Å². The zero-order chi connectivity index (χ0) is 12.2. The number of nitrogens with one attached hydrogen (secondary N) is 1. The molecule has 0 spiro atoms. The predicted octanol–water partition coefficient (Wildman–Crippen LogP) is 4.27. The molecule has 1 aromatic rings. The molecule has 4 heteroatoms. The number of rotatable bonds is 5. The van der Waals surface area contributed by atoms with Crippen LogP contribution in [0.25, 0.3) is 0 Å². The van der Waals surface area contributed by atoms with E-state index in [9.17, 15) is 0 Å². The highest BCUT2D eigenvalue weighted by Gasteiger charge is 2.16. The van der Waals surface area contributed by atoms with E-state index >= 15 is 0 Å². The number of nitrogens with zero attached hydrogens (tertiary/aromatic N) is 1. The van der Waals surface area contributed by atoms with Crippen molar-refractivity contribution in [1.29, 1.82) is 0 Å². The van der Waals surface area contributed by atoms with Crippen molar-refractivity contribution in [3.8, 4) is 0 Å². The van der Waals surface area contributed by atoms with Gasteiger partial charge in [-0.3, -0.25) is 4.98 Å². The van der Waals surface area contributed by atoms with Gasteiger partial charge in [0.25, 0.3) is 0 Å². The van der Waals surface area contributed by atoms with Gasteiger partial charge in [-0.25, -0.2) is 0 Å². The summed E-state index contributed by atoms with van der Waals surface area (Å²) in [4.78, 5) is 4.38. The highest BCUT2D eigenvalue weighted by atomic mass is 79.9. The van der Waals surface area contributed by atoms with Crippen molar-refractivity contribution in [3.63, 3.8) is 0 Å². The smallest absolute Gasteiger partial charge is 0.0684 e. The van der Waals surface area contributed by atoms with Crippen LogP contribution in [0.3, 0.4) is 0 Å². The van der Waals surface area contributed by atoms with Gasteiger partial charge in [-0.05, 0) is 58.2 Å². The second-order valence-electron chi connectivity index (χ2n) is 4.57. The molecule has 0 saturated carbocycles. The molecule has 0 aliphatic carbocycles. The SMILES string of the molecule is CCCC(C)(C)NCc1ncc(Br)cc1Br. The molecule has 0 amide bonds. The van der Waals surface area contributed by atoms with Gasteiger partial charge in [0.1, 0.15) is 0 Å². The van der Waals surface area contributed by atoms with Crippen molar-refractivity contribution < 1.29 is 0 Å². The summed E-state index contributed by atoms with van der Waals surface area (Å²) in [5, 5.41) is 3.53. The van der Waals surface area contributed by atoms with Crippen LogP contribution in [0.2, 0.25) is 0 Å². The van der Waals surface area contributed by atoms with Crippen molar-refractivity contribution in [3.05, 3.63) is 26.9 Å². The fourth-order valence-corrected chi connectivity index (χ4v) is 2.74. The summed E-state index contributed by atoms with van der Waals surface area (Å²) in [5.74, 6) is 0. The summed E-state index contributed by atoms with van der Waals surface area (Å²) in [6, 6.07) is 2.02. The van der Waals surface area contributed by atoms with Gasteiger partial charge in [-0.15, -0.1) is 0 Å². The molecule has 0 aliphatic rings. The van der Waals surface area contributed by atoms with Crippen LogP contribution in [-0.2, 0) is 6.54 Å². The van der Waals surface area contributed by atoms with Crippen LogP contribution in [-0.4, -0.2) is 10.5 Å². The van der Waals surface area contributed by atoms with Crippen LogP contribution in [0.15, 0.2) is 21.2 Å². The second kappa shape index (κ2) is 6.12. The van der Waals surface area contributed by atoms with E-state index in [0.717, 1.165) is 21.2 Å². The maximum absolute atomic E-state index is 4.38. The van der Waals surface area contributed by atoms with Gasteiger partial charge in [0.2, 0.25) is 0 Å². The van der Waals surface area contributed by atoms with Crippen LogP contribution in [0, 0.1) is 0 Å². The van der Waals surface area contributed by atoms with Gasteiger partial charge < -0.3 is 5.32 Å². The molecule has 0 saturated heterocycles. The minimum absolute atomic E-state index is 0.170. The Balaban J connectivity index is 2.61. The topological polar surface area (TPSA) is 24.9 Å². The first-order valence-corrected chi connectivity index (χ1v) is 7.08. The Labute approximate surface area is 114 Å². The fourth-order valence-electron chi connectivity index (χ4n) is 1.61. The number of halogens is 2. The van der Waals surface area contributed by atoms with Gasteiger partial charge in [0.15, 0.2) is 0 Å². The molecule has 1 N–H and O–H groups in total. The summed E-state index contributed by atoms with van der Waals surface area (Å²) >= 11 is 6.92. The largest absolute Gasteiger partial charge is 0.306 e. The van der Waals surface area contributed by atoms with Crippen molar-refractivity contribution in [2.75, 3.05) is 0 Å². The van der Waals surface area contributed by atoms with Crippen LogP contribution < -0.4 is 5.32 Å². The fraction of sp³-hybridized carbons (Fsp3) is 0.583. The van der Waals surface area contributed by atoms with E-state index in [1.165, 1.54) is 12.8 Å². The van der Waals surface area contributed by atoms with E-state index in [4.69, 9.17) is 0 Å². The quantitative estimate of drug-likeness (QED) is 0.858. The Hall–Kier alpha value is 0.0700. The maximum atomic E-state index is 4.38. The highest BCUT2D eigenvalue weighted by Crippen LogP contribution is 2.20.